The molecule has 1 unspecified atom stereocenters. The van der Waals surface area contributed by atoms with Crippen molar-refractivity contribution < 1.29 is 23.5 Å². The van der Waals surface area contributed by atoms with Gasteiger partial charge in [0.2, 0.25) is 5.78 Å². The lowest BCUT2D eigenvalue weighted by atomic mass is 10.0. The van der Waals surface area contributed by atoms with E-state index in [9.17, 15) is 15.1 Å². The Morgan fingerprint density at radius 3 is 2.07 bits per heavy atom. The summed E-state index contributed by atoms with van der Waals surface area (Å²) >= 11 is 0. The van der Waals surface area contributed by atoms with Gasteiger partial charge in [-0.3, -0.25) is 9.59 Å². The molecule has 0 bridgehead atoms. The van der Waals surface area contributed by atoms with Crippen LogP contribution in [0.2, 0.25) is 5.04 Å². The van der Waals surface area contributed by atoms with Gasteiger partial charge in [-0.25, -0.2) is 0 Å². The lowest BCUT2D eigenvalue weighted by Crippen LogP contribution is -2.67. The smallest absolute Gasteiger partial charge is 0.334 e. The number of benzene rings is 2. The largest absolute Gasteiger partial charge is 0.466 e. The minimum absolute atomic E-state index is 0.00493. The number of Topliss-reactive ketones (excluding diaryl/α,β-unsaturated/α-hetero) is 1. The number of unbranched alkanes of at least 4 members (excludes halogenated alkanes) is 3. The van der Waals surface area contributed by atoms with Crippen molar-refractivity contribution in [3.05, 3.63) is 103 Å². The number of rotatable bonds is 20. The number of carbonyl (C=O) groups is 2. The Labute approximate surface area is 272 Å². The summed E-state index contributed by atoms with van der Waals surface area (Å²) in [5.74, 6) is -0.645. The molecule has 242 valence electrons. The Bertz CT molecular complexity index is 1270. The lowest BCUT2D eigenvalue weighted by molar-refractivity contribution is -0.143. The van der Waals surface area contributed by atoms with Gasteiger partial charge in [0, 0.05) is 12.8 Å². The van der Waals surface area contributed by atoms with Crippen molar-refractivity contribution in [2.45, 2.75) is 104 Å². The molecule has 0 saturated heterocycles. The molecule has 0 aliphatic rings. The van der Waals surface area contributed by atoms with E-state index < -0.39 is 14.4 Å². The summed E-state index contributed by atoms with van der Waals surface area (Å²) in [6, 6.07) is 20.6. The van der Waals surface area contributed by atoms with Crippen LogP contribution in [0.5, 0.6) is 0 Å². The fourth-order valence-corrected chi connectivity index (χ4v) is 10.0. The second kappa shape index (κ2) is 20.4. The zero-order valence-electron chi connectivity index (χ0n) is 27.9. The van der Waals surface area contributed by atoms with Crippen molar-refractivity contribution in [2.75, 3.05) is 6.61 Å². The number of carbonyl (C=O) groups excluding carboxylic acids is 2. The zero-order chi connectivity index (χ0) is 33.0. The van der Waals surface area contributed by atoms with Gasteiger partial charge >= 0.3 is 11.7 Å². The first-order valence-corrected chi connectivity index (χ1v) is 18.3. The molecule has 0 fully saturated rings. The average molecular weight is 629 g/mol. The number of hydrogen-bond acceptors (Lipinski definition) is 4. The van der Waals surface area contributed by atoms with E-state index >= 15 is 0 Å². The molecular weight excluding hydrogens is 577 g/mol. The summed E-state index contributed by atoms with van der Waals surface area (Å²) in [5.41, 5.74) is 9.78. The van der Waals surface area contributed by atoms with Gasteiger partial charge in [0.1, 0.15) is 0 Å². The SMILES string of the molecule is CCCCC/C=C\C/C=C\C=C\C(CC(=O)C(CCCC(=O)OCC)=[N+]=[N-])O[Si](c1ccccc1)(c1ccccc1)C(C)(C)C. The van der Waals surface area contributed by atoms with Gasteiger partial charge in [-0.15, -0.1) is 0 Å². The van der Waals surface area contributed by atoms with Crippen LogP contribution in [0, 0.1) is 0 Å². The van der Waals surface area contributed by atoms with Crippen LogP contribution in [0.3, 0.4) is 0 Å². The van der Waals surface area contributed by atoms with E-state index in [1.54, 1.807) is 6.92 Å². The van der Waals surface area contributed by atoms with Crippen molar-refractivity contribution in [1.82, 2.24) is 0 Å². The monoisotopic (exact) mass is 628 g/mol. The lowest BCUT2D eigenvalue weighted by Gasteiger charge is -2.44. The number of esters is 1. The predicted molar refractivity (Wildman–Crippen MR) is 187 cm³/mol. The van der Waals surface area contributed by atoms with E-state index in [-0.39, 0.29) is 41.8 Å². The van der Waals surface area contributed by atoms with Crippen LogP contribution >= 0.6 is 0 Å². The van der Waals surface area contributed by atoms with E-state index in [0.717, 1.165) is 23.2 Å². The zero-order valence-corrected chi connectivity index (χ0v) is 28.9. The number of nitrogens with zero attached hydrogens (tertiary/aromatic N) is 2. The van der Waals surface area contributed by atoms with E-state index in [1.807, 2.05) is 54.6 Å². The van der Waals surface area contributed by atoms with Crippen LogP contribution in [0.1, 0.15) is 92.4 Å². The van der Waals surface area contributed by atoms with Crippen molar-refractivity contribution >= 4 is 36.2 Å². The predicted octanol–water partition coefficient (Wildman–Crippen LogP) is 7.93. The summed E-state index contributed by atoms with van der Waals surface area (Å²) in [7, 11) is -2.97. The molecule has 0 radical (unpaired) electrons. The molecule has 2 rings (SSSR count). The number of ketones is 1. The van der Waals surface area contributed by atoms with Gasteiger partial charge < -0.3 is 14.7 Å². The third kappa shape index (κ3) is 12.3. The third-order valence-corrected chi connectivity index (χ3v) is 12.7. The van der Waals surface area contributed by atoms with Crippen LogP contribution in [-0.2, 0) is 18.8 Å². The second-order valence-electron chi connectivity index (χ2n) is 12.2. The summed E-state index contributed by atoms with van der Waals surface area (Å²) in [6.45, 7) is 10.9. The molecular formula is C38H52N2O4Si. The molecule has 45 heavy (non-hydrogen) atoms. The Balaban J connectivity index is 2.41. The third-order valence-electron chi connectivity index (χ3n) is 7.66. The van der Waals surface area contributed by atoms with Crippen molar-refractivity contribution in [3.8, 4) is 0 Å². The second-order valence-corrected chi connectivity index (χ2v) is 16.4. The summed E-state index contributed by atoms with van der Waals surface area (Å²) < 4.78 is 12.3. The Kier molecular flexibility index (Phi) is 17.0. The maximum Gasteiger partial charge on any atom is 0.334 e. The molecule has 0 heterocycles. The fourth-order valence-electron chi connectivity index (χ4n) is 5.40. The maximum absolute atomic E-state index is 13.5. The van der Waals surface area contributed by atoms with Crippen molar-refractivity contribution in [1.29, 1.82) is 0 Å². The molecule has 2 aromatic carbocycles. The molecule has 0 aliphatic heterocycles. The molecule has 0 amide bonds. The summed E-state index contributed by atoms with van der Waals surface area (Å²) in [4.78, 5) is 28.7. The average Bonchev–Trinajstić information content (AvgIpc) is 3.03. The normalized spacial score (nSPS) is 12.9. The Hall–Kier alpha value is -3.64. The summed E-state index contributed by atoms with van der Waals surface area (Å²) in [6.07, 6.45) is 18.1. The molecule has 0 aliphatic carbocycles. The molecule has 7 heteroatoms. The van der Waals surface area contributed by atoms with E-state index in [0.29, 0.717) is 13.0 Å². The maximum atomic E-state index is 13.5. The molecule has 0 aromatic heterocycles. The topological polar surface area (TPSA) is 89.0 Å². The first-order valence-electron chi connectivity index (χ1n) is 16.4. The molecule has 2 aromatic rings. The van der Waals surface area contributed by atoms with Gasteiger partial charge in [0.15, 0.2) is 0 Å². The quantitative estimate of drug-likeness (QED) is 0.0218. The standard InChI is InChI=1S/C38H52N2O4Si/c1-6-8-9-10-11-12-13-14-15-18-24-32(31-36(41)35(40-39)29-23-30-37(42)43-7-2)44-45(38(3,4)5,33-25-19-16-20-26-33)34-27-21-17-22-28-34/h11-12,14-22,24-28,32H,6-10,13,23,29-31H2,1-5H3/b12-11-,15-14-,24-18+. The highest BCUT2D eigenvalue weighted by Crippen LogP contribution is 2.38. The Morgan fingerprint density at radius 1 is 0.867 bits per heavy atom. The number of hydrogen-bond donors (Lipinski definition) is 0. The van der Waals surface area contributed by atoms with Crippen LogP contribution in [0.15, 0.2) is 97.1 Å². The van der Waals surface area contributed by atoms with Crippen LogP contribution in [-0.4, -0.2) is 43.3 Å². The van der Waals surface area contributed by atoms with Crippen molar-refractivity contribution in [3.63, 3.8) is 0 Å². The minimum Gasteiger partial charge on any atom is -0.466 e. The van der Waals surface area contributed by atoms with Crippen molar-refractivity contribution in [2.24, 2.45) is 0 Å². The Morgan fingerprint density at radius 2 is 1.51 bits per heavy atom. The molecule has 0 spiro atoms. The first-order chi connectivity index (χ1) is 21.7. The van der Waals surface area contributed by atoms with E-state index in [4.69, 9.17) is 9.16 Å². The number of ether oxygens (including phenoxy) is 1. The first kappa shape index (κ1) is 37.5. The van der Waals surface area contributed by atoms with E-state index in [1.165, 1.54) is 19.3 Å². The fraction of sp³-hybridized carbons (Fsp3) is 0.447. The van der Waals surface area contributed by atoms with Gasteiger partial charge in [-0.1, -0.05) is 138 Å². The minimum atomic E-state index is -2.97. The van der Waals surface area contributed by atoms with Gasteiger partial charge in [-0.05, 0) is 48.0 Å². The summed E-state index contributed by atoms with van der Waals surface area (Å²) in [5, 5.41) is 1.95. The van der Waals surface area contributed by atoms with Crippen LogP contribution in [0.25, 0.3) is 5.53 Å². The van der Waals surface area contributed by atoms with Crippen LogP contribution in [0.4, 0.5) is 0 Å². The van der Waals surface area contributed by atoms with Gasteiger partial charge in [-0.2, -0.15) is 4.79 Å². The van der Waals surface area contributed by atoms with Crippen LogP contribution < -0.4 is 10.4 Å². The highest BCUT2D eigenvalue weighted by atomic mass is 28.4. The van der Waals surface area contributed by atoms with Gasteiger partial charge in [0.05, 0.1) is 19.1 Å². The number of allylic oxidation sites excluding steroid dienone is 5. The molecule has 0 N–H and O–H groups in total. The molecule has 0 saturated carbocycles. The van der Waals surface area contributed by atoms with E-state index in [2.05, 4.69) is 75.0 Å². The highest BCUT2D eigenvalue weighted by Gasteiger charge is 2.51. The van der Waals surface area contributed by atoms with Gasteiger partial charge in [0.25, 0.3) is 8.32 Å². The highest BCUT2D eigenvalue weighted by molar-refractivity contribution is 6.99. The molecule has 1 atom stereocenters. The molecule has 6 nitrogen and oxygen atoms in total.